The second-order valence-electron chi connectivity index (χ2n) is 6.47. The monoisotopic (exact) mass is 342 g/mol. The van der Waals surface area contributed by atoms with Crippen molar-refractivity contribution in [1.82, 2.24) is 0 Å². The molecule has 0 saturated heterocycles. The number of fused-ring (bicyclic) bond motifs is 2. The van der Waals surface area contributed by atoms with Gasteiger partial charge in [0.2, 0.25) is 0 Å². The van der Waals surface area contributed by atoms with Crippen molar-refractivity contribution in [3.05, 3.63) is 12.7 Å². The van der Waals surface area contributed by atoms with E-state index in [2.05, 4.69) is 33.4 Å². The van der Waals surface area contributed by atoms with E-state index in [-0.39, 0.29) is 0 Å². The second kappa shape index (κ2) is 5.67. The summed E-state index contributed by atoms with van der Waals surface area (Å²) in [5.74, 6) is 3.28. The first-order valence-electron chi connectivity index (χ1n) is 7.83. The summed E-state index contributed by atoms with van der Waals surface area (Å²) in [6.07, 6.45) is 8.24. The van der Waals surface area contributed by atoms with Crippen molar-refractivity contribution in [1.29, 1.82) is 0 Å². The van der Waals surface area contributed by atoms with E-state index in [1.54, 1.807) is 32.6 Å². The van der Waals surface area contributed by atoms with Gasteiger partial charge in [0.05, 0.1) is 0 Å². The molecule has 98 valence electrons. The Balaban J connectivity index is 2.24. The van der Waals surface area contributed by atoms with Crippen LogP contribution in [0.4, 0.5) is 0 Å². The molecule has 2 fully saturated rings. The predicted molar refractivity (Wildman–Crippen MR) is 80.1 cm³/mol. The van der Waals surface area contributed by atoms with Gasteiger partial charge in [0.15, 0.2) is 0 Å². The van der Waals surface area contributed by atoms with Crippen LogP contribution < -0.4 is 0 Å². The molecule has 0 aromatic heterocycles. The molecule has 2 bridgehead atoms. The molecule has 0 unspecified atom stereocenters. The standard InChI is InChI=1S/C10H15.3C2H5.Sn/c1-2-3-9-6-8-4-5-10(9)7-8;3*1-2;/h2,6,8-10H,1,3-5,7H2;3*1H2,2H3;/t8-,9-,10-;;;;/m1..../s1. The molecule has 0 heterocycles. The third kappa shape index (κ3) is 2.24. The summed E-state index contributed by atoms with van der Waals surface area (Å²) in [5, 5.41) is 0. The van der Waals surface area contributed by atoms with E-state index < -0.39 is 18.4 Å². The molecule has 0 radical (unpaired) electrons. The summed E-state index contributed by atoms with van der Waals surface area (Å²) in [7, 11) is 0. The topological polar surface area (TPSA) is 0 Å². The minimum absolute atomic E-state index is 1.06. The van der Waals surface area contributed by atoms with Crippen molar-refractivity contribution in [3.63, 3.8) is 0 Å². The van der Waals surface area contributed by atoms with E-state index in [1.807, 2.05) is 0 Å². The van der Waals surface area contributed by atoms with Crippen molar-refractivity contribution in [2.24, 2.45) is 17.8 Å². The van der Waals surface area contributed by atoms with Crippen LogP contribution in [0.3, 0.4) is 0 Å². The Morgan fingerprint density at radius 1 is 1.06 bits per heavy atom. The Kier molecular flexibility index (Phi) is 4.66. The summed E-state index contributed by atoms with van der Waals surface area (Å²) in [5.41, 5.74) is 0. The van der Waals surface area contributed by atoms with Gasteiger partial charge in [-0.05, 0) is 0 Å². The number of rotatable bonds is 6. The Morgan fingerprint density at radius 3 is 2.18 bits per heavy atom. The Labute approximate surface area is 112 Å². The molecule has 2 saturated carbocycles. The van der Waals surface area contributed by atoms with Crippen LogP contribution >= 0.6 is 0 Å². The van der Waals surface area contributed by atoms with Gasteiger partial charge < -0.3 is 0 Å². The van der Waals surface area contributed by atoms with Gasteiger partial charge in [-0.1, -0.05) is 0 Å². The molecule has 2 aliphatic carbocycles. The zero-order valence-corrected chi connectivity index (χ0v) is 14.9. The van der Waals surface area contributed by atoms with Gasteiger partial charge in [-0.2, -0.15) is 0 Å². The van der Waals surface area contributed by atoms with E-state index in [9.17, 15) is 0 Å². The summed E-state index contributed by atoms with van der Waals surface area (Å²) in [6.45, 7) is 11.6. The molecular formula is C16H30Sn. The zero-order valence-electron chi connectivity index (χ0n) is 12.0. The fraction of sp³-hybridized carbons (Fsp3) is 0.875. The number of hydrogen-bond donors (Lipinski definition) is 0. The summed E-state index contributed by atoms with van der Waals surface area (Å²) in [4.78, 5) is 0. The average Bonchev–Trinajstić information content (AvgIpc) is 2.95. The van der Waals surface area contributed by atoms with E-state index in [0.29, 0.717) is 0 Å². The van der Waals surface area contributed by atoms with E-state index in [0.717, 1.165) is 17.8 Å². The molecule has 0 aliphatic heterocycles. The van der Waals surface area contributed by atoms with E-state index >= 15 is 0 Å². The molecule has 1 heteroatoms. The van der Waals surface area contributed by atoms with Crippen LogP contribution in [0, 0.1) is 17.8 Å². The quantitative estimate of drug-likeness (QED) is 0.443. The Morgan fingerprint density at radius 2 is 1.65 bits per heavy atom. The minimum atomic E-state index is -1.81. The molecule has 2 rings (SSSR count). The fourth-order valence-corrected chi connectivity index (χ4v) is 21.1. The summed E-state index contributed by atoms with van der Waals surface area (Å²) >= 11 is -1.81. The molecular weight excluding hydrogens is 311 g/mol. The van der Waals surface area contributed by atoms with Crippen molar-refractivity contribution in [2.45, 2.75) is 63.7 Å². The van der Waals surface area contributed by atoms with Gasteiger partial charge in [0.1, 0.15) is 0 Å². The maximum atomic E-state index is 4.03. The fourth-order valence-electron chi connectivity index (χ4n) is 5.35. The third-order valence-electron chi connectivity index (χ3n) is 6.35. The van der Waals surface area contributed by atoms with Gasteiger partial charge in [-0.25, -0.2) is 0 Å². The molecule has 2 aliphatic rings. The number of hydrogen-bond acceptors (Lipinski definition) is 0. The molecule has 4 atom stereocenters. The van der Waals surface area contributed by atoms with E-state index in [1.165, 1.54) is 10.4 Å². The van der Waals surface area contributed by atoms with Crippen LogP contribution in [0.15, 0.2) is 12.7 Å². The summed E-state index contributed by atoms with van der Waals surface area (Å²) in [6, 6.07) is 0. The normalized spacial score (nSPS) is 36.4. The van der Waals surface area contributed by atoms with Crippen LogP contribution in [0.25, 0.3) is 0 Å². The van der Waals surface area contributed by atoms with Crippen molar-refractivity contribution in [3.8, 4) is 0 Å². The first kappa shape index (κ1) is 14.0. The van der Waals surface area contributed by atoms with Crippen molar-refractivity contribution < 1.29 is 0 Å². The van der Waals surface area contributed by atoms with Gasteiger partial charge in [-0.3, -0.25) is 0 Å². The first-order valence-corrected chi connectivity index (χ1v) is 15.5. The molecule has 0 aromatic rings. The Hall–Kier alpha value is 0.539. The van der Waals surface area contributed by atoms with Crippen LogP contribution in [-0.4, -0.2) is 18.4 Å². The zero-order chi connectivity index (χ0) is 12.5. The number of allylic oxidation sites excluding steroid dienone is 1. The molecule has 0 N–H and O–H groups in total. The van der Waals surface area contributed by atoms with Crippen molar-refractivity contribution >= 4 is 18.4 Å². The molecule has 17 heavy (non-hydrogen) atoms. The van der Waals surface area contributed by atoms with Crippen LogP contribution in [-0.2, 0) is 0 Å². The van der Waals surface area contributed by atoms with Gasteiger partial charge >= 0.3 is 112 Å². The average molecular weight is 341 g/mol. The van der Waals surface area contributed by atoms with E-state index in [4.69, 9.17) is 0 Å². The molecule has 0 nitrogen and oxygen atoms in total. The summed E-state index contributed by atoms with van der Waals surface area (Å²) < 4.78 is 5.97. The van der Waals surface area contributed by atoms with Gasteiger partial charge in [0, 0.05) is 0 Å². The first-order chi connectivity index (χ1) is 8.22. The SMILES string of the molecule is C=CC[C@H]1[C@@H]2CC[C@@H](C2)[C@H]1[Sn]([CH2]C)([CH2]C)[CH2]C. The van der Waals surface area contributed by atoms with Crippen LogP contribution in [0.5, 0.6) is 0 Å². The third-order valence-corrected chi connectivity index (χ3v) is 25.0. The maximum absolute atomic E-state index is 4.03. The molecule has 0 aromatic carbocycles. The molecule has 0 amide bonds. The predicted octanol–water partition coefficient (Wildman–Crippen LogP) is 5.49. The van der Waals surface area contributed by atoms with Crippen molar-refractivity contribution in [2.75, 3.05) is 0 Å². The Bertz CT molecular complexity index is 258. The van der Waals surface area contributed by atoms with Gasteiger partial charge in [0.25, 0.3) is 0 Å². The van der Waals surface area contributed by atoms with Crippen LogP contribution in [0.1, 0.15) is 46.5 Å². The van der Waals surface area contributed by atoms with Crippen LogP contribution in [0.2, 0.25) is 17.2 Å². The van der Waals surface area contributed by atoms with Gasteiger partial charge in [-0.15, -0.1) is 0 Å². The second-order valence-corrected chi connectivity index (χ2v) is 22.2. The molecule has 0 spiro atoms.